The van der Waals surface area contributed by atoms with Gasteiger partial charge in [-0.15, -0.1) is 0 Å². The van der Waals surface area contributed by atoms with E-state index in [-0.39, 0.29) is 0 Å². The molecule has 0 aliphatic heterocycles. The van der Waals surface area contributed by atoms with Crippen LogP contribution >= 0.6 is 0 Å². The fraction of sp³-hybridized carbons (Fsp3) is 0.647. The van der Waals surface area contributed by atoms with Crippen molar-refractivity contribution in [2.24, 2.45) is 5.92 Å². The van der Waals surface area contributed by atoms with Crippen molar-refractivity contribution in [1.82, 2.24) is 10.2 Å². The van der Waals surface area contributed by atoms with Gasteiger partial charge in [0.25, 0.3) is 0 Å². The van der Waals surface area contributed by atoms with E-state index in [0.717, 1.165) is 12.5 Å². The largest absolute Gasteiger partial charge is 0.313 e. The Morgan fingerprint density at radius 1 is 1.16 bits per heavy atom. The smallest absolute Gasteiger partial charge is 0.0472 e. The van der Waals surface area contributed by atoms with Gasteiger partial charge in [0.2, 0.25) is 0 Å². The predicted octanol–water partition coefficient (Wildman–Crippen LogP) is 3.46. The van der Waals surface area contributed by atoms with Crippen molar-refractivity contribution in [1.29, 1.82) is 0 Å². The zero-order chi connectivity index (χ0) is 13.8. The summed E-state index contributed by atoms with van der Waals surface area (Å²) in [5, 5.41) is 3.60. The van der Waals surface area contributed by atoms with Crippen LogP contribution in [0.4, 0.5) is 0 Å². The molecule has 2 unspecified atom stereocenters. The topological polar surface area (TPSA) is 15.3 Å². The molecule has 0 heterocycles. The summed E-state index contributed by atoms with van der Waals surface area (Å²) in [6.45, 7) is 7.83. The zero-order valence-electron chi connectivity index (χ0n) is 12.8. The second-order valence-corrected chi connectivity index (χ2v) is 6.23. The quantitative estimate of drug-likeness (QED) is 0.807. The number of nitrogens with zero attached hydrogens (tertiary/aromatic N) is 1. The van der Waals surface area contributed by atoms with Crippen molar-refractivity contribution in [2.45, 2.75) is 51.7 Å². The van der Waals surface area contributed by atoms with Crippen molar-refractivity contribution in [2.75, 3.05) is 13.6 Å². The Labute approximate surface area is 118 Å². The van der Waals surface area contributed by atoms with Gasteiger partial charge >= 0.3 is 0 Å². The fourth-order valence-electron chi connectivity index (χ4n) is 2.71. The van der Waals surface area contributed by atoms with E-state index >= 15 is 0 Å². The summed E-state index contributed by atoms with van der Waals surface area (Å²) in [5.74, 6) is 0.912. The van der Waals surface area contributed by atoms with Gasteiger partial charge in [-0.1, -0.05) is 44.2 Å². The molecular weight excluding hydrogens is 232 g/mol. The minimum atomic E-state index is 0.471. The van der Waals surface area contributed by atoms with Crippen LogP contribution in [0.3, 0.4) is 0 Å². The maximum atomic E-state index is 3.60. The SMILES string of the molecule is CC(C)NCC(c1ccccc1)N(C)C(C)C1CC1. The Morgan fingerprint density at radius 3 is 2.32 bits per heavy atom. The van der Waals surface area contributed by atoms with E-state index < -0.39 is 0 Å². The second-order valence-electron chi connectivity index (χ2n) is 6.23. The minimum Gasteiger partial charge on any atom is -0.313 e. The molecule has 2 nitrogen and oxygen atoms in total. The lowest BCUT2D eigenvalue weighted by atomic mass is 10.0. The van der Waals surface area contributed by atoms with Crippen LogP contribution in [0.15, 0.2) is 30.3 Å². The Hall–Kier alpha value is -0.860. The van der Waals surface area contributed by atoms with E-state index in [2.05, 4.69) is 68.4 Å². The first-order chi connectivity index (χ1) is 9.09. The number of benzene rings is 1. The maximum absolute atomic E-state index is 3.60. The van der Waals surface area contributed by atoms with Gasteiger partial charge in [-0.3, -0.25) is 4.90 Å². The molecule has 1 aromatic carbocycles. The standard InChI is InChI=1S/C17H28N2/c1-13(2)18-12-17(16-8-6-5-7-9-16)19(4)14(3)15-10-11-15/h5-9,13-15,17-18H,10-12H2,1-4H3. The average Bonchev–Trinajstić information content (AvgIpc) is 3.23. The highest BCUT2D eigenvalue weighted by Crippen LogP contribution is 2.37. The molecule has 2 atom stereocenters. The van der Waals surface area contributed by atoms with Gasteiger partial charge in [-0.05, 0) is 38.3 Å². The molecule has 1 saturated carbocycles. The van der Waals surface area contributed by atoms with Gasteiger partial charge in [-0.2, -0.15) is 0 Å². The Morgan fingerprint density at radius 2 is 1.79 bits per heavy atom. The van der Waals surface area contributed by atoms with Gasteiger partial charge in [0.1, 0.15) is 0 Å². The number of hydrogen-bond acceptors (Lipinski definition) is 2. The first kappa shape index (κ1) is 14.5. The summed E-state index contributed by atoms with van der Waals surface area (Å²) < 4.78 is 0. The molecule has 0 spiro atoms. The Kier molecular flexibility index (Phi) is 5.00. The molecule has 0 aromatic heterocycles. The van der Waals surface area contributed by atoms with Gasteiger partial charge in [-0.25, -0.2) is 0 Å². The van der Waals surface area contributed by atoms with Gasteiger partial charge in [0.15, 0.2) is 0 Å². The molecule has 0 saturated heterocycles. The Bertz CT molecular complexity index is 370. The third-order valence-electron chi connectivity index (χ3n) is 4.34. The Balaban J connectivity index is 2.08. The lowest BCUT2D eigenvalue weighted by molar-refractivity contribution is 0.162. The molecule has 19 heavy (non-hydrogen) atoms. The van der Waals surface area contributed by atoms with E-state index in [9.17, 15) is 0 Å². The van der Waals surface area contributed by atoms with Gasteiger partial charge in [0, 0.05) is 24.7 Å². The lowest BCUT2D eigenvalue weighted by Crippen LogP contribution is -2.41. The highest BCUT2D eigenvalue weighted by Gasteiger charge is 2.33. The van der Waals surface area contributed by atoms with E-state index in [1.165, 1.54) is 18.4 Å². The summed E-state index contributed by atoms with van der Waals surface area (Å²) in [7, 11) is 2.28. The van der Waals surface area contributed by atoms with Gasteiger partial charge in [0.05, 0.1) is 0 Å². The average molecular weight is 260 g/mol. The fourth-order valence-corrected chi connectivity index (χ4v) is 2.71. The zero-order valence-corrected chi connectivity index (χ0v) is 12.8. The summed E-state index contributed by atoms with van der Waals surface area (Å²) in [4.78, 5) is 2.56. The first-order valence-electron chi connectivity index (χ1n) is 7.60. The number of hydrogen-bond donors (Lipinski definition) is 1. The molecule has 1 aliphatic carbocycles. The van der Waals surface area contributed by atoms with Crippen molar-refractivity contribution >= 4 is 0 Å². The van der Waals surface area contributed by atoms with Crippen LogP contribution in [-0.4, -0.2) is 30.6 Å². The lowest BCUT2D eigenvalue weighted by Gasteiger charge is -2.34. The molecule has 1 aliphatic rings. The highest BCUT2D eigenvalue weighted by atomic mass is 15.2. The molecule has 106 valence electrons. The van der Waals surface area contributed by atoms with Crippen LogP contribution in [0.1, 0.15) is 45.2 Å². The molecule has 1 fully saturated rings. The molecule has 1 N–H and O–H groups in total. The van der Waals surface area contributed by atoms with Crippen molar-refractivity contribution in [3.63, 3.8) is 0 Å². The van der Waals surface area contributed by atoms with Crippen LogP contribution in [-0.2, 0) is 0 Å². The summed E-state index contributed by atoms with van der Waals surface area (Å²) in [5.41, 5.74) is 1.42. The minimum absolute atomic E-state index is 0.471. The molecule has 0 amide bonds. The molecule has 2 heteroatoms. The van der Waals surface area contributed by atoms with Crippen LogP contribution in [0.25, 0.3) is 0 Å². The number of rotatable bonds is 7. The molecule has 0 radical (unpaired) electrons. The summed E-state index contributed by atoms with van der Waals surface area (Å²) >= 11 is 0. The maximum Gasteiger partial charge on any atom is 0.0472 e. The predicted molar refractivity (Wildman–Crippen MR) is 82.3 cm³/mol. The third-order valence-corrected chi connectivity index (χ3v) is 4.34. The van der Waals surface area contributed by atoms with Gasteiger partial charge < -0.3 is 5.32 Å². The van der Waals surface area contributed by atoms with E-state index in [1.54, 1.807) is 0 Å². The second kappa shape index (κ2) is 6.53. The van der Waals surface area contributed by atoms with Crippen molar-refractivity contribution in [3.05, 3.63) is 35.9 Å². The van der Waals surface area contributed by atoms with Crippen LogP contribution in [0.2, 0.25) is 0 Å². The summed E-state index contributed by atoms with van der Waals surface area (Å²) in [6, 6.07) is 12.6. The first-order valence-corrected chi connectivity index (χ1v) is 7.60. The molecule has 1 aromatic rings. The summed E-state index contributed by atoms with van der Waals surface area (Å²) in [6.07, 6.45) is 2.81. The van der Waals surface area contributed by atoms with E-state index in [0.29, 0.717) is 18.1 Å². The molecule has 0 bridgehead atoms. The van der Waals surface area contributed by atoms with Crippen LogP contribution < -0.4 is 5.32 Å². The van der Waals surface area contributed by atoms with E-state index in [4.69, 9.17) is 0 Å². The third kappa shape index (κ3) is 4.05. The molecular formula is C17H28N2. The monoisotopic (exact) mass is 260 g/mol. The molecule has 2 rings (SSSR count). The van der Waals surface area contributed by atoms with Crippen molar-refractivity contribution < 1.29 is 0 Å². The number of nitrogens with one attached hydrogen (secondary N) is 1. The number of likely N-dealkylation sites (N-methyl/N-ethyl adjacent to an activating group) is 1. The normalized spacial score (nSPS) is 18.8. The van der Waals surface area contributed by atoms with Crippen LogP contribution in [0.5, 0.6) is 0 Å². The van der Waals surface area contributed by atoms with Crippen LogP contribution in [0, 0.1) is 5.92 Å². The van der Waals surface area contributed by atoms with Crippen molar-refractivity contribution in [3.8, 4) is 0 Å². The highest BCUT2D eigenvalue weighted by molar-refractivity contribution is 5.19. The van der Waals surface area contributed by atoms with E-state index in [1.807, 2.05) is 0 Å².